The van der Waals surface area contributed by atoms with E-state index in [1.165, 1.54) is 61.8 Å². The molecular formula is C73H120O22P2-2. The number of hydrogen-bond acceptors (Lipinski definition) is 22. The van der Waals surface area contributed by atoms with E-state index in [1.54, 1.807) is 6.92 Å². The van der Waals surface area contributed by atoms with Crippen LogP contribution in [-0.4, -0.2) is 170 Å². The molecule has 2 unspecified atom stereocenters. The maximum atomic E-state index is 13.0. The van der Waals surface area contributed by atoms with Crippen LogP contribution in [0.2, 0.25) is 0 Å². The number of aliphatic hydroxyl groups is 10. The Hall–Kier alpha value is -3.20. The third-order valence-electron chi connectivity index (χ3n) is 17.5. The summed E-state index contributed by atoms with van der Waals surface area (Å²) in [6.07, 6.45) is 15.5. The van der Waals surface area contributed by atoms with E-state index in [0.717, 1.165) is 121 Å². The molecule has 10 N–H and O–H groups in total. The van der Waals surface area contributed by atoms with E-state index in [0.29, 0.717) is 12.8 Å². The van der Waals surface area contributed by atoms with E-state index >= 15 is 0 Å². The van der Waals surface area contributed by atoms with E-state index in [-0.39, 0.29) is 0 Å². The predicted molar refractivity (Wildman–Crippen MR) is 372 cm³/mol. The molecule has 556 valence electrons. The van der Waals surface area contributed by atoms with Crippen molar-refractivity contribution in [3.05, 3.63) is 128 Å². The average Bonchev–Trinajstić information content (AvgIpc) is 0.781. The Morgan fingerprint density at radius 3 is 0.969 bits per heavy atom. The van der Waals surface area contributed by atoms with Crippen molar-refractivity contribution in [3.63, 3.8) is 0 Å². The maximum absolute atomic E-state index is 13.0. The highest BCUT2D eigenvalue weighted by Gasteiger charge is 2.54. The molecule has 22 nitrogen and oxygen atoms in total. The van der Waals surface area contributed by atoms with Crippen molar-refractivity contribution in [3.8, 4) is 0 Å². The molecule has 97 heavy (non-hydrogen) atoms. The third-order valence-corrected chi connectivity index (χ3v) is 20.1. The average molecular weight is 1410 g/mol. The van der Waals surface area contributed by atoms with Crippen LogP contribution in [0.1, 0.15) is 212 Å². The molecule has 17 atom stereocenters. The van der Waals surface area contributed by atoms with Gasteiger partial charge in [0.2, 0.25) is 0 Å². The van der Waals surface area contributed by atoms with Gasteiger partial charge in [-0.1, -0.05) is 128 Å². The van der Waals surface area contributed by atoms with Gasteiger partial charge < -0.3 is 89.1 Å². The van der Waals surface area contributed by atoms with Gasteiger partial charge in [0.1, 0.15) is 73.2 Å². The largest absolute Gasteiger partial charge is 0.756 e. The highest BCUT2D eigenvalue weighted by Crippen LogP contribution is 2.57. The van der Waals surface area contributed by atoms with E-state index in [9.17, 15) is 70.0 Å². The minimum absolute atomic E-state index is 0.541. The Labute approximate surface area is 578 Å². The lowest BCUT2D eigenvalue weighted by Crippen LogP contribution is -2.67. The summed E-state index contributed by atoms with van der Waals surface area (Å²) in [7, 11) is -11.7. The summed E-state index contributed by atoms with van der Waals surface area (Å²) in [6.45, 7) is 22.5. The third kappa shape index (κ3) is 34.6. The standard InChI is InChI=1S/C73H122O22P2/c1-48(2)23-13-24-49(3)25-14-26-50(4)27-15-28-51(5)29-16-30-52(6)31-17-32-53(7)33-18-34-54(8)35-19-36-55(9)37-20-38-56(10)39-21-40-57(11)41-22-42-58(12)43-44-88-96(84,85)95-97(86,87)94-72-68(83)69(64(79)61(47-76)90-72)92-73-70(66(81)63(78)60(46-75)91-73)93-71-67(82)65(80)62(77)59(45-74)89-71/h23,25,27,29,31,33,35,37,39,41,43,59-83H,13-22,24,26,28,30,32,34,36,38,40,42,44-47H2,1-12H3,(H,84,85)(H,86,87)/p-2/b49-25+,50-27+,51-29-,52-31-,53-33-,54-35-,55-37-,56-39-,57-41-,58-43-/t59-,60-,61-,62-,63-,64-,65+,66+,67+,68-,69+,70+,71-,72-,73-/m1/s1. The fourth-order valence-electron chi connectivity index (χ4n) is 11.2. The molecule has 0 aliphatic carbocycles. The summed E-state index contributed by atoms with van der Waals surface area (Å²) in [6, 6.07) is 0. The highest BCUT2D eigenvalue weighted by atomic mass is 31.3. The van der Waals surface area contributed by atoms with Crippen LogP contribution in [0, 0.1) is 0 Å². The van der Waals surface area contributed by atoms with Crippen molar-refractivity contribution < 1.29 is 107 Å². The fourth-order valence-corrected chi connectivity index (χ4v) is 13.2. The van der Waals surface area contributed by atoms with Crippen molar-refractivity contribution in [1.82, 2.24) is 0 Å². The second kappa shape index (κ2) is 46.4. The second-order valence-electron chi connectivity index (χ2n) is 26.9. The minimum Gasteiger partial charge on any atom is -0.756 e. The molecule has 3 rings (SSSR count). The van der Waals surface area contributed by atoms with Gasteiger partial charge in [0, 0.05) is 0 Å². The van der Waals surface area contributed by atoms with Crippen molar-refractivity contribution in [2.24, 2.45) is 0 Å². The number of allylic oxidation sites excluding steroid dienone is 21. The lowest BCUT2D eigenvalue weighted by molar-refractivity contribution is -0.387. The van der Waals surface area contributed by atoms with Crippen LogP contribution in [0.3, 0.4) is 0 Å². The van der Waals surface area contributed by atoms with Crippen LogP contribution in [0.4, 0.5) is 0 Å². The zero-order valence-electron chi connectivity index (χ0n) is 59.7. The van der Waals surface area contributed by atoms with Gasteiger partial charge in [0.15, 0.2) is 18.9 Å². The Bertz CT molecular complexity index is 2790. The molecule has 0 aromatic rings. The first kappa shape index (κ1) is 88.0. The topological polar surface area (TPSA) is 356 Å². The smallest absolute Gasteiger partial charge is 0.276 e. The van der Waals surface area contributed by atoms with Gasteiger partial charge in [-0.15, -0.1) is 0 Å². The van der Waals surface area contributed by atoms with Gasteiger partial charge in [-0.3, -0.25) is 13.7 Å². The molecule has 0 radical (unpaired) electrons. The fraction of sp³-hybridized carbons (Fsp3) is 0.699. The Morgan fingerprint density at radius 1 is 0.340 bits per heavy atom. The van der Waals surface area contributed by atoms with Crippen LogP contribution in [-0.2, 0) is 46.2 Å². The zero-order valence-corrected chi connectivity index (χ0v) is 61.5. The summed E-state index contributed by atoms with van der Waals surface area (Å²) < 4.78 is 66.7. The summed E-state index contributed by atoms with van der Waals surface area (Å²) >= 11 is 0. The summed E-state index contributed by atoms with van der Waals surface area (Å²) in [5.74, 6) is 0. The molecule has 0 aromatic carbocycles. The minimum atomic E-state index is -6.05. The molecule has 0 bridgehead atoms. The number of aliphatic hydroxyl groups excluding tert-OH is 10. The normalized spacial score (nSPS) is 29.4. The summed E-state index contributed by atoms with van der Waals surface area (Å²) in [5.41, 5.74) is 14.9. The molecule has 0 spiro atoms. The number of rotatable bonds is 44. The molecule has 0 amide bonds. The van der Waals surface area contributed by atoms with Gasteiger partial charge in [0.25, 0.3) is 15.6 Å². The number of ether oxygens (including phenoxy) is 5. The second-order valence-corrected chi connectivity index (χ2v) is 29.8. The molecule has 3 aliphatic heterocycles. The zero-order chi connectivity index (χ0) is 72.4. The maximum Gasteiger partial charge on any atom is 0.276 e. The Morgan fingerprint density at radius 2 is 0.629 bits per heavy atom. The van der Waals surface area contributed by atoms with Crippen molar-refractivity contribution in [2.45, 2.75) is 304 Å². The monoisotopic (exact) mass is 1410 g/mol. The van der Waals surface area contributed by atoms with Crippen LogP contribution >= 0.6 is 15.6 Å². The van der Waals surface area contributed by atoms with Crippen molar-refractivity contribution >= 4 is 15.6 Å². The van der Waals surface area contributed by atoms with Crippen LogP contribution in [0.15, 0.2) is 128 Å². The molecular weight excluding hydrogens is 1290 g/mol. The Balaban J connectivity index is 1.34. The van der Waals surface area contributed by atoms with Gasteiger partial charge in [-0.25, -0.2) is 4.31 Å². The van der Waals surface area contributed by atoms with E-state index in [1.807, 2.05) is 6.92 Å². The Kier molecular flexibility index (Phi) is 42.1. The highest BCUT2D eigenvalue weighted by molar-refractivity contribution is 7.59. The number of hydrogen-bond donors (Lipinski definition) is 10. The van der Waals surface area contributed by atoms with E-state index < -0.39 is 134 Å². The van der Waals surface area contributed by atoms with Crippen molar-refractivity contribution in [1.29, 1.82) is 0 Å². The molecule has 3 saturated heterocycles. The number of phosphoric ester groups is 2. The van der Waals surface area contributed by atoms with E-state index in [4.69, 9.17) is 32.7 Å². The first-order valence-electron chi connectivity index (χ1n) is 34.5. The lowest BCUT2D eigenvalue weighted by Gasteiger charge is -2.48. The van der Waals surface area contributed by atoms with Crippen molar-refractivity contribution in [2.75, 3.05) is 26.4 Å². The molecule has 0 saturated carbocycles. The van der Waals surface area contributed by atoms with Gasteiger partial charge in [0.05, 0.1) is 26.4 Å². The molecule has 3 heterocycles. The first-order valence-corrected chi connectivity index (χ1v) is 37.4. The SMILES string of the molecule is CC(C)=CCC/C(C)=C/CC/C(C)=C/CC/C(C)=C\CC/C(C)=C\CC/C(C)=C\CC/C(C)=C\CC/C(C)=C\CC/C(C)=C\CC/C(C)=C\CC/C(C)=C\COP(=O)([O-])OP(=O)([O-])O[C@H]1O[C@H](CO)[C@@H](O)[C@H](O[C@H]2O[C@H](CO)[C@@H](O)[C@H](O)[C@@H]2O[C@H]2O[C@H](CO)[C@@H](O)[C@H](O)[C@@H]2O)[C@H]1O. The van der Waals surface area contributed by atoms with Gasteiger partial charge >= 0.3 is 0 Å². The first-order chi connectivity index (χ1) is 45.8. The van der Waals surface area contributed by atoms with Crippen LogP contribution < -0.4 is 9.79 Å². The predicted octanol–water partition coefficient (Wildman–Crippen LogP) is 10.7. The summed E-state index contributed by atoms with van der Waals surface area (Å²) in [4.78, 5) is 25.7. The van der Waals surface area contributed by atoms with Crippen LogP contribution in [0.5, 0.6) is 0 Å². The molecule has 0 aromatic heterocycles. The van der Waals surface area contributed by atoms with Crippen LogP contribution in [0.25, 0.3) is 0 Å². The molecule has 3 aliphatic rings. The molecule has 3 fully saturated rings. The van der Waals surface area contributed by atoms with E-state index in [2.05, 4.69) is 134 Å². The lowest BCUT2D eigenvalue weighted by atomic mass is 9.96. The quantitative estimate of drug-likeness (QED) is 0.0200. The van der Waals surface area contributed by atoms with Gasteiger partial charge in [-0.2, -0.15) is 0 Å². The molecule has 24 heteroatoms. The van der Waals surface area contributed by atoms with Gasteiger partial charge in [-0.05, 0) is 212 Å². The number of phosphoric acid groups is 2. The summed E-state index contributed by atoms with van der Waals surface area (Å²) in [5, 5.41) is 104.